The first-order valence-electron chi connectivity index (χ1n) is 6.62. The Morgan fingerprint density at radius 2 is 1.89 bits per heavy atom. The van der Waals surface area contributed by atoms with E-state index in [1.165, 1.54) is 5.56 Å². The van der Waals surface area contributed by atoms with Crippen LogP contribution < -0.4 is 10.5 Å². The average molecular weight is 259 g/mol. The van der Waals surface area contributed by atoms with Crippen molar-refractivity contribution in [2.75, 3.05) is 5.73 Å². The maximum Gasteiger partial charge on any atom is 0.241 e. The first-order chi connectivity index (χ1) is 9.02. The molecule has 4 heteroatoms. The number of ether oxygens (including phenoxy) is 1. The number of aryl methyl sites for hydroxylation is 2. The van der Waals surface area contributed by atoms with Gasteiger partial charge in [0.25, 0.3) is 0 Å². The quantitative estimate of drug-likeness (QED) is 0.914. The van der Waals surface area contributed by atoms with E-state index in [1.807, 2.05) is 19.2 Å². The summed E-state index contributed by atoms with van der Waals surface area (Å²) in [6.45, 7) is 6.26. The molecule has 4 nitrogen and oxygen atoms in total. The SMILES string of the molecule is CCc1ccc(Oc2c(N)c(C(C)C)nn2C)cc1. The van der Waals surface area contributed by atoms with Crippen molar-refractivity contribution in [1.82, 2.24) is 9.78 Å². The lowest BCUT2D eigenvalue weighted by atomic mass is 10.1. The third kappa shape index (κ3) is 2.72. The second-order valence-electron chi connectivity index (χ2n) is 4.98. The molecular formula is C15H21N3O. The number of nitrogens with zero attached hydrogens (tertiary/aromatic N) is 2. The molecule has 0 aliphatic heterocycles. The lowest BCUT2D eigenvalue weighted by Crippen LogP contribution is -1.97. The molecule has 19 heavy (non-hydrogen) atoms. The van der Waals surface area contributed by atoms with Crippen molar-refractivity contribution >= 4 is 5.69 Å². The molecule has 0 aliphatic carbocycles. The van der Waals surface area contributed by atoms with Crippen LogP contribution in [-0.2, 0) is 13.5 Å². The van der Waals surface area contributed by atoms with E-state index in [9.17, 15) is 0 Å². The maximum atomic E-state index is 6.10. The standard InChI is InChI=1S/C15H21N3O/c1-5-11-6-8-12(9-7-11)19-15-13(16)14(10(2)3)17-18(15)4/h6-10H,5,16H2,1-4H3. The zero-order valence-corrected chi connectivity index (χ0v) is 12.0. The van der Waals surface area contributed by atoms with Crippen molar-refractivity contribution in [2.45, 2.75) is 33.1 Å². The van der Waals surface area contributed by atoms with E-state index in [1.54, 1.807) is 4.68 Å². The summed E-state index contributed by atoms with van der Waals surface area (Å²) in [7, 11) is 1.85. The Balaban J connectivity index is 2.27. The van der Waals surface area contributed by atoms with Gasteiger partial charge in [-0.25, -0.2) is 4.68 Å². The number of benzene rings is 1. The molecule has 0 saturated heterocycles. The molecule has 1 heterocycles. The molecule has 0 bridgehead atoms. The summed E-state index contributed by atoms with van der Waals surface area (Å²) < 4.78 is 7.54. The number of anilines is 1. The molecule has 0 amide bonds. The molecule has 2 aromatic rings. The topological polar surface area (TPSA) is 53.1 Å². The first-order valence-corrected chi connectivity index (χ1v) is 6.62. The fourth-order valence-corrected chi connectivity index (χ4v) is 2.00. The van der Waals surface area contributed by atoms with Gasteiger partial charge in [0, 0.05) is 7.05 Å². The van der Waals surface area contributed by atoms with Gasteiger partial charge in [0.2, 0.25) is 5.88 Å². The van der Waals surface area contributed by atoms with E-state index >= 15 is 0 Å². The van der Waals surface area contributed by atoms with Crippen LogP contribution in [0.2, 0.25) is 0 Å². The number of hydrogen-bond donors (Lipinski definition) is 1. The second-order valence-corrected chi connectivity index (χ2v) is 4.98. The van der Waals surface area contributed by atoms with E-state index < -0.39 is 0 Å². The van der Waals surface area contributed by atoms with Crippen LogP contribution in [0.5, 0.6) is 11.6 Å². The van der Waals surface area contributed by atoms with E-state index in [0.29, 0.717) is 11.6 Å². The first kappa shape index (κ1) is 13.5. The van der Waals surface area contributed by atoms with Gasteiger partial charge >= 0.3 is 0 Å². The summed E-state index contributed by atoms with van der Waals surface area (Å²) in [6.07, 6.45) is 1.02. The predicted octanol–water partition coefficient (Wildman–Crippen LogP) is 3.48. The van der Waals surface area contributed by atoms with Crippen molar-refractivity contribution in [2.24, 2.45) is 7.05 Å². The summed E-state index contributed by atoms with van der Waals surface area (Å²) in [5.41, 5.74) is 8.89. The number of nitrogen functional groups attached to an aromatic ring is 1. The summed E-state index contributed by atoms with van der Waals surface area (Å²) in [6, 6.07) is 8.04. The van der Waals surface area contributed by atoms with Gasteiger partial charge in [-0.2, -0.15) is 5.10 Å². The van der Waals surface area contributed by atoms with Crippen LogP contribution in [-0.4, -0.2) is 9.78 Å². The monoisotopic (exact) mass is 259 g/mol. The second kappa shape index (κ2) is 5.34. The molecule has 0 radical (unpaired) electrons. The minimum Gasteiger partial charge on any atom is -0.437 e. The maximum absolute atomic E-state index is 6.10. The molecular weight excluding hydrogens is 238 g/mol. The Bertz CT molecular complexity index is 556. The van der Waals surface area contributed by atoms with Crippen LogP contribution >= 0.6 is 0 Å². The van der Waals surface area contributed by atoms with Gasteiger partial charge in [0.05, 0.1) is 5.69 Å². The highest BCUT2D eigenvalue weighted by Crippen LogP contribution is 2.32. The van der Waals surface area contributed by atoms with Gasteiger partial charge in [-0.1, -0.05) is 32.9 Å². The van der Waals surface area contributed by atoms with E-state index in [-0.39, 0.29) is 5.92 Å². The highest BCUT2D eigenvalue weighted by atomic mass is 16.5. The van der Waals surface area contributed by atoms with Gasteiger partial charge in [0.1, 0.15) is 11.4 Å². The van der Waals surface area contributed by atoms with E-state index in [4.69, 9.17) is 10.5 Å². The molecule has 2 N–H and O–H groups in total. The van der Waals surface area contributed by atoms with Gasteiger partial charge in [-0.3, -0.25) is 0 Å². The largest absolute Gasteiger partial charge is 0.437 e. The molecule has 0 fully saturated rings. The highest BCUT2D eigenvalue weighted by molar-refractivity contribution is 5.55. The molecule has 0 unspecified atom stereocenters. The smallest absolute Gasteiger partial charge is 0.241 e. The molecule has 0 saturated carbocycles. The molecule has 0 aliphatic rings. The van der Waals surface area contributed by atoms with Crippen LogP contribution in [0, 0.1) is 0 Å². The van der Waals surface area contributed by atoms with E-state index in [0.717, 1.165) is 17.9 Å². The lowest BCUT2D eigenvalue weighted by molar-refractivity contribution is 0.432. The van der Waals surface area contributed by atoms with Gasteiger partial charge in [0.15, 0.2) is 0 Å². The number of nitrogens with two attached hydrogens (primary N) is 1. The average Bonchev–Trinajstić information content (AvgIpc) is 2.68. The molecule has 0 atom stereocenters. The minimum absolute atomic E-state index is 0.283. The Kier molecular flexibility index (Phi) is 3.79. The normalized spacial score (nSPS) is 11.0. The lowest BCUT2D eigenvalue weighted by Gasteiger charge is -2.07. The number of hydrogen-bond acceptors (Lipinski definition) is 3. The molecule has 2 rings (SSSR count). The summed E-state index contributed by atoms with van der Waals surface area (Å²) in [5, 5.41) is 4.41. The van der Waals surface area contributed by atoms with E-state index in [2.05, 4.69) is 38.0 Å². The summed E-state index contributed by atoms with van der Waals surface area (Å²) >= 11 is 0. The summed E-state index contributed by atoms with van der Waals surface area (Å²) in [4.78, 5) is 0. The Morgan fingerprint density at radius 1 is 1.26 bits per heavy atom. The van der Waals surface area contributed by atoms with Gasteiger partial charge in [-0.15, -0.1) is 0 Å². The van der Waals surface area contributed by atoms with Crippen LogP contribution in [0.4, 0.5) is 5.69 Å². The molecule has 1 aromatic carbocycles. The zero-order chi connectivity index (χ0) is 14.0. The molecule has 102 valence electrons. The Hall–Kier alpha value is -1.97. The van der Waals surface area contributed by atoms with Crippen LogP contribution in [0.1, 0.15) is 37.9 Å². The third-order valence-electron chi connectivity index (χ3n) is 3.15. The summed E-state index contributed by atoms with van der Waals surface area (Å²) in [5.74, 6) is 1.67. The van der Waals surface area contributed by atoms with Crippen LogP contribution in [0.15, 0.2) is 24.3 Å². The number of rotatable bonds is 4. The van der Waals surface area contributed by atoms with Crippen molar-refractivity contribution in [3.05, 3.63) is 35.5 Å². The third-order valence-corrected chi connectivity index (χ3v) is 3.15. The van der Waals surface area contributed by atoms with Crippen molar-refractivity contribution < 1.29 is 4.74 Å². The number of aromatic nitrogens is 2. The fourth-order valence-electron chi connectivity index (χ4n) is 2.00. The van der Waals surface area contributed by atoms with Gasteiger partial charge < -0.3 is 10.5 Å². The minimum atomic E-state index is 0.283. The molecule has 0 spiro atoms. The van der Waals surface area contributed by atoms with Crippen molar-refractivity contribution in [3.63, 3.8) is 0 Å². The Labute approximate surface area is 114 Å². The van der Waals surface area contributed by atoms with Crippen molar-refractivity contribution in [1.29, 1.82) is 0 Å². The predicted molar refractivity (Wildman–Crippen MR) is 77.6 cm³/mol. The molecule has 1 aromatic heterocycles. The zero-order valence-electron chi connectivity index (χ0n) is 12.0. The Morgan fingerprint density at radius 3 is 2.37 bits per heavy atom. The highest BCUT2D eigenvalue weighted by Gasteiger charge is 2.17. The van der Waals surface area contributed by atoms with Crippen LogP contribution in [0.25, 0.3) is 0 Å². The van der Waals surface area contributed by atoms with Crippen LogP contribution in [0.3, 0.4) is 0 Å². The van der Waals surface area contributed by atoms with Gasteiger partial charge in [-0.05, 0) is 30.0 Å². The van der Waals surface area contributed by atoms with Crippen molar-refractivity contribution in [3.8, 4) is 11.6 Å². The fraction of sp³-hybridized carbons (Fsp3) is 0.400.